The molecule has 0 saturated heterocycles. The van der Waals surface area contributed by atoms with Gasteiger partial charge in [0.05, 0.1) is 12.8 Å². The second-order valence-corrected chi connectivity index (χ2v) is 4.13. The first-order valence-electron chi connectivity index (χ1n) is 6.39. The quantitative estimate of drug-likeness (QED) is 0.483. The number of carbonyl (C=O) groups is 1. The molecule has 0 aliphatic rings. The minimum Gasteiger partial charge on any atom is -0.504 e. The number of tetrazole rings is 1. The number of anilines is 1. The van der Waals surface area contributed by atoms with Gasteiger partial charge in [-0.05, 0) is 35.9 Å². The number of phenols is 1. The van der Waals surface area contributed by atoms with Crippen LogP contribution in [0.15, 0.2) is 23.3 Å². The van der Waals surface area contributed by atoms with Crippen molar-refractivity contribution in [3.8, 4) is 11.5 Å². The smallest absolute Gasteiger partial charge is 0.263 e. The van der Waals surface area contributed by atoms with Crippen molar-refractivity contribution in [2.45, 2.75) is 13.5 Å². The summed E-state index contributed by atoms with van der Waals surface area (Å²) in [7, 11) is 0. The Kier molecular flexibility index (Phi) is 4.85. The molecule has 2 rings (SSSR count). The van der Waals surface area contributed by atoms with Gasteiger partial charge >= 0.3 is 0 Å². The van der Waals surface area contributed by atoms with Crippen LogP contribution in [0.25, 0.3) is 0 Å². The summed E-state index contributed by atoms with van der Waals surface area (Å²) >= 11 is 0. The zero-order chi connectivity index (χ0) is 15.9. The number of hydrogen-bond acceptors (Lipinski definition) is 8. The topological polar surface area (TPSA) is 141 Å². The lowest BCUT2D eigenvalue weighted by molar-refractivity contribution is -0.122. The van der Waals surface area contributed by atoms with Crippen LogP contribution >= 0.6 is 0 Å². The number of hydrazone groups is 1. The molecule has 0 aliphatic carbocycles. The highest BCUT2D eigenvalue weighted by Crippen LogP contribution is 2.25. The first-order valence-corrected chi connectivity index (χ1v) is 6.39. The number of nitrogens with zero attached hydrogens (tertiary/aromatic N) is 5. The molecule has 0 aliphatic heterocycles. The molecule has 0 bridgehead atoms. The van der Waals surface area contributed by atoms with Crippen molar-refractivity contribution < 1.29 is 14.6 Å². The van der Waals surface area contributed by atoms with Gasteiger partial charge in [-0.15, -0.1) is 5.10 Å². The second kappa shape index (κ2) is 7.02. The Morgan fingerprint density at radius 3 is 3.05 bits per heavy atom. The SMILES string of the molecule is CCOc1ccc(C=NNC(=O)Cn2nnc(N)n2)cc1O. The van der Waals surface area contributed by atoms with Gasteiger partial charge in [0.2, 0.25) is 0 Å². The molecule has 10 heteroatoms. The zero-order valence-electron chi connectivity index (χ0n) is 11.8. The molecule has 1 aromatic heterocycles. The number of hydrogen-bond donors (Lipinski definition) is 3. The van der Waals surface area contributed by atoms with E-state index in [4.69, 9.17) is 10.5 Å². The number of phenolic OH excluding ortho intramolecular Hbond substituents is 1. The van der Waals surface area contributed by atoms with Crippen LogP contribution < -0.4 is 15.9 Å². The maximum Gasteiger partial charge on any atom is 0.263 e. The van der Waals surface area contributed by atoms with Gasteiger partial charge in [-0.2, -0.15) is 9.90 Å². The molecule has 0 fully saturated rings. The van der Waals surface area contributed by atoms with Crippen molar-refractivity contribution in [1.29, 1.82) is 0 Å². The third kappa shape index (κ3) is 4.16. The number of aromatic hydroxyl groups is 1. The van der Waals surface area contributed by atoms with Crippen LogP contribution in [0, 0.1) is 0 Å². The minimum atomic E-state index is -0.441. The van der Waals surface area contributed by atoms with E-state index in [1.807, 2.05) is 6.92 Å². The minimum absolute atomic E-state index is 0.000540. The molecule has 116 valence electrons. The van der Waals surface area contributed by atoms with Gasteiger partial charge in [0.15, 0.2) is 11.5 Å². The van der Waals surface area contributed by atoms with Gasteiger partial charge in [0.25, 0.3) is 11.9 Å². The van der Waals surface area contributed by atoms with Crippen LogP contribution in [0.5, 0.6) is 11.5 Å². The van der Waals surface area contributed by atoms with Gasteiger partial charge in [-0.25, -0.2) is 5.43 Å². The molecule has 0 spiro atoms. The molecule has 4 N–H and O–H groups in total. The Hall–Kier alpha value is -3.17. The highest BCUT2D eigenvalue weighted by atomic mass is 16.5. The fourth-order valence-corrected chi connectivity index (χ4v) is 1.56. The van der Waals surface area contributed by atoms with Crippen LogP contribution in [0.1, 0.15) is 12.5 Å². The molecule has 0 unspecified atom stereocenters. The predicted octanol–water partition coefficient (Wildman–Crippen LogP) is -0.490. The molecule has 1 amide bonds. The Morgan fingerprint density at radius 2 is 2.41 bits per heavy atom. The summed E-state index contributed by atoms with van der Waals surface area (Å²) in [5, 5.41) is 24.1. The fraction of sp³-hybridized carbons (Fsp3) is 0.250. The maximum atomic E-state index is 11.6. The number of nitrogen functional groups attached to an aromatic ring is 1. The Balaban J connectivity index is 1.89. The van der Waals surface area contributed by atoms with E-state index in [0.29, 0.717) is 17.9 Å². The maximum absolute atomic E-state index is 11.6. The van der Waals surface area contributed by atoms with E-state index in [-0.39, 0.29) is 18.2 Å². The fourth-order valence-electron chi connectivity index (χ4n) is 1.56. The second-order valence-electron chi connectivity index (χ2n) is 4.13. The largest absolute Gasteiger partial charge is 0.504 e. The number of rotatable bonds is 6. The number of aromatic nitrogens is 4. The van der Waals surface area contributed by atoms with Crippen molar-refractivity contribution in [1.82, 2.24) is 25.6 Å². The Morgan fingerprint density at radius 1 is 1.59 bits per heavy atom. The van der Waals surface area contributed by atoms with Gasteiger partial charge in [-0.3, -0.25) is 4.79 Å². The number of carbonyl (C=O) groups excluding carboxylic acids is 1. The molecular weight excluding hydrogens is 290 g/mol. The Labute approximate surface area is 125 Å². The summed E-state index contributed by atoms with van der Waals surface area (Å²) < 4.78 is 5.21. The zero-order valence-corrected chi connectivity index (χ0v) is 11.8. The molecule has 10 nitrogen and oxygen atoms in total. The normalized spacial score (nSPS) is 10.8. The van der Waals surface area contributed by atoms with Gasteiger partial charge in [0, 0.05) is 0 Å². The van der Waals surface area contributed by atoms with Crippen molar-refractivity contribution in [2.75, 3.05) is 12.3 Å². The molecular formula is C12H15N7O3. The van der Waals surface area contributed by atoms with Crippen LogP contribution in [0.4, 0.5) is 5.95 Å². The number of nitrogens with one attached hydrogen (secondary N) is 1. The van der Waals surface area contributed by atoms with Crippen LogP contribution in [-0.2, 0) is 11.3 Å². The van der Waals surface area contributed by atoms with E-state index in [9.17, 15) is 9.90 Å². The molecule has 22 heavy (non-hydrogen) atoms. The predicted molar refractivity (Wildman–Crippen MR) is 77.2 cm³/mol. The standard InChI is InChI=1S/C12H15N7O3/c1-2-22-10-4-3-8(5-9(10)20)6-14-15-11(21)7-19-17-12(13)16-18-19/h3-6,20H,2,7H2,1H3,(H2,13,17)(H,15,21). The van der Waals surface area contributed by atoms with Crippen molar-refractivity contribution in [3.63, 3.8) is 0 Å². The van der Waals surface area contributed by atoms with E-state index in [1.165, 1.54) is 12.3 Å². The first kappa shape index (κ1) is 15.2. The summed E-state index contributed by atoms with van der Waals surface area (Å²) in [6.07, 6.45) is 1.39. The van der Waals surface area contributed by atoms with Crippen LogP contribution in [0.2, 0.25) is 0 Å². The number of nitrogens with two attached hydrogens (primary N) is 1. The van der Waals surface area contributed by atoms with Crippen LogP contribution in [0.3, 0.4) is 0 Å². The highest BCUT2D eigenvalue weighted by molar-refractivity contribution is 5.83. The Bertz CT molecular complexity index is 683. The summed E-state index contributed by atoms with van der Waals surface area (Å²) in [5.41, 5.74) is 8.18. The monoisotopic (exact) mass is 305 g/mol. The average molecular weight is 305 g/mol. The molecule has 0 radical (unpaired) electrons. The molecule has 0 saturated carbocycles. The average Bonchev–Trinajstić information content (AvgIpc) is 2.87. The van der Waals surface area contributed by atoms with Gasteiger partial charge in [-0.1, -0.05) is 5.10 Å². The van der Waals surface area contributed by atoms with E-state index in [0.717, 1.165) is 4.80 Å². The lowest BCUT2D eigenvalue weighted by atomic mass is 10.2. The van der Waals surface area contributed by atoms with Crippen molar-refractivity contribution in [3.05, 3.63) is 23.8 Å². The third-order valence-electron chi connectivity index (χ3n) is 2.44. The molecule has 2 aromatic rings. The lowest BCUT2D eigenvalue weighted by Crippen LogP contribution is -2.24. The summed E-state index contributed by atoms with van der Waals surface area (Å²) in [6, 6.07) is 4.78. The van der Waals surface area contributed by atoms with E-state index < -0.39 is 5.91 Å². The lowest BCUT2D eigenvalue weighted by Gasteiger charge is -2.05. The van der Waals surface area contributed by atoms with E-state index >= 15 is 0 Å². The molecule has 1 aromatic carbocycles. The van der Waals surface area contributed by atoms with Crippen molar-refractivity contribution in [2.24, 2.45) is 5.10 Å². The summed E-state index contributed by atoms with van der Waals surface area (Å²) in [6.45, 7) is 2.12. The van der Waals surface area contributed by atoms with Gasteiger partial charge in [0.1, 0.15) is 6.54 Å². The number of ether oxygens (including phenoxy) is 1. The van der Waals surface area contributed by atoms with E-state index in [1.54, 1.807) is 12.1 Å². The van der Waals surface area contributed by atoms with Crippen LogP contribution in [-0.4, -0.2) is 44.0 Å². The summed E-state index contributed by atoms with van der Waals surface area (Å²) in [5.74, 6) is -0.0667. The first-order chi connectivity index (χ1) is 10.6. The van der Waals surface area contributed by atoms with E-state index in [2.05, 4.69) is 25.9 Å². The summed E-state index contributed by atoms with van der Waals surface area (Å²) in [4.78, 5) is 12.6. The highest BCUT2D eigenvalue weighted by Gasteiger charge is 2.05. The third-order valence-corrected chi connectivity index (χ3v) is 2.44. The number of amides is 1. The number of benzene rings is 1. The van der Waals surface area contributed by atoms with Crippen molar-refractivity contribution >= 4 is 18.1 Å². The molecule has 0 atom stereocenters. The van der Waals surface area contributed by atoms with Gasteiger partial charge < -0.3 is 15.6 Å². The molecule has 1 heterocycles.